The molecular formula is C9H13N3O. The number of hydrogen-bond donors (Lipinski definition) is 0. The first kappa shape index (κ1) is 8.44. The maximum atomic E-state index is 5.34. The minimum Gasteiger partial charge on any atom is -0.375 e. The summed E-state index contributed by atoms with van der Waals surface area (Å²) in [6, 6.07) is 0. The fourth-order valence-corrected chi connectivity index (χ4v) is 1.51. The van der Waals surface area contributed by atoms with Crippen molar-refractivity contribution in [2.75, 3.05) is 25.1 Å². The molecule has 13 heavy (non-hydrogen) atoms. The van der Waals surface area contributed by atoms with Crippen molar-refractivity contribution in [3.63, 3.8) is 0 Å². The Morgan fingerprint density at radius 3 is 2.77 bits per heavy atom. The molecule has 0 amide bonds. The van der Waals surface area contributed by atoms with Gasteiger partial charge in [-0.1, -0.05) is 0 Å². The van der Waals surface area contributed by atoms with Gasteiger partial charge in [0, 0.05) is 19.5 Å². The summed E-state index contributed by atoms with van der Waals surface area (Å²) >= 11 is 0. The topological polar surface area (TPSA) is 38.2 Å². The minimum absolute atomic E-state index is 0.00246. The normalized spacial score (nSPS) is 19.7. The van der Waals surface area contributed by atoms with Gasteiger partial charge < -0.3 is 9.64 Å². The Balaban J connectivity index is 2.01. The molecule has 0 aliphatic carbocycles. The number of rotatable bonds is 2. The molecule has 1 aliphatic rings. The van der Waals surface area contributed by atoms with Crippen LogP contribution in [0.1, 0.15) is 6.92 Å². The molecule has 0 N–H and O–H groups in total. The smallest absolute Gasteiger partial charge is 0.147 e. The summed E-state index contributed by atoms with van der Waals surface area (Å²) in [5.41, 5.74) is -0.00246. The van der Waals surface area contributed by atoms with E-state index in [9.17, 15) is 0 Å². The lowest BCUT2D eigenvalue weighted by Gasteiger charge is -2.47. The second-order valence-electron chi connectivity index (χ2n) is 3.57. The third kappa shape index (κ3) is 1.49. The molecule has 0 atom stereocenters. The lowest BCUT2D eigenvalue weighted by atomic mass is 9.97. The van der Waals surface area contributed by atoms with E-state index in [-0.39, 0.29) is 5.60 Å². The highest BCUT2D eigenvalue weighted by Crippen LogP contribution is 2.27. The average Bonchev–Trinajstić information content (AvgIpc) is 2.14. The Morgan fingerprint density at radius 2 is 2.23 bits per heavy atom. The first-order valence-corrected chi connectivity index (χ1v) is 4.30. The molecule has 0 unspecified atom stereocenters. The van der Waals surface area contributed by atoms with E-state index in [0.29, 0.717) is 0 Å². The van der Waals surface area contributed by atoms with Crippen LogP contribution in [0, 0.1) is 0 Å². The van der Waals surface area contributed by atoms with Gasteiger partial charge in [0.25, 0.3) is 0 Å². The fourth-order valence-electron chi connectivity index (χ4n) is 1.51. The summed E-state index contributed by atoms with van der Waals surface area (Å²) in [4.78, 5) is 10.4. The Morgan fingerprint density at radius 1 is 1.46 bits per heavy atom. The van der Waals surface area contributed by atoms with E-state index in [0.717, 1.165) is 18.9 Å². The molecular weight excluding hydrogens is 166 g/mol. The van der Waals surface area contributed by atoms with Crippen LogP contribution in [0.2, 0.25) is 0 Å². The average molecular weight is 179 g/mol. The number of hydrogen-bond acceptors (Lipinski definition) is 4. The van der Waals surface area contributed by atoms with Gasteiger partial charge in [0.2, 0.25) is 0 Å². The molecule has 2 rings (SSSR count). The first-order valence-electron chi connectivity index (χ1n) is 4.30. The molecule has 2 heterocycles. The van der Waals surface area contributed by atoms with Crippen LogP contribution in [-0.2, 0) is 4.74 Å². The molecule has 4 heteroatoms. The second-order valence-corrected chi connectivity index (χ2v) is 3.57. The van der Waals surface area contributed by atoms with E-state index in [4.69, 9.17) is 4.74 Å². The number of aromatic nitrogens is 2. The zero-order valence-electron chi connectivity index (χ0n) is 7.90. The van der Waals surface area contributed by atoms with Gasteiger partial charge in [0.15, 0.2) is 0 Å². The fraction of sp³-hybridized carbons (Fsp3) is 0.556. The van der Waals surface area contributed by atoms with Gasteiger partial charge in [-0.25, -0.2) is 4.98 Å². The molecule has 0 spiro atoms. The standard InChI is InChI=1S/C9H13N3O/c1-9(13-2)6-12(7-9)8-5-10-3-4-11-8/h3-5H,6-7H2,1-2H3. The zero-order chi connectivity index (χ0) is 9.31. The molecule has 1 aromatic heterocycles. The van der Waals surface area contributed by atoms with Crippen molar-refractivity contribution in [3.05, 3.63) is 18.6 Å². The summed E-state index contributed by atoms with van der Waals surface area (Å²) in [6.45, 7) is 3.88. The van der Waals surface area contributed by atoms with Gasteiger partial charge in [0.1, 0.15) is 5.82 Å². The molecule has 4 nitrogen and oxygen atoms in total. The quantitative estimate of drug-likeness (QED) is 0.670. The summed E-state index contributed by atoms with van der Waals surface area (Å²) in [5.74, 6) is 0.928. The van der Waals surface area contributed by atoms with Gasteiger partial charge in [-0.15, -0.1) is 0 Å². The number of anilines is 1. The summed E-state index contributed by atoms with van der Waals surface area (Å²) in [5, 5.41) is 0. The molecule has 1 saturated heterocycles. The van der Waals surface area contributed by atoms with Gasteiger partial charge in [-0.3, -0.25) is 4.98 Å². The van der Waals surface area contributed by atoms with Crippen LogP contribution < -0.4 is 4.90 Å². The van der Waals surface area contributed by atoms with E-state index >= 15 is 0 Å². The molecule has 0 saturated carbocycles. The van der Waals surface area contributed by atoms with Gasteiger partial charge in [-0.2, -0.15) is 0 Å². The van der Waals surface area contributed by atoms with Crippen LogP contribution in [0.15, 0.2) is 18.6 Å². The van der Waals surface area contributed by atoms with Crippen LogP contribution >= 0.6 is 0 Å². The lowest BCUT2D eigenvalue weighted by Crippen LogP contribution is -2.61. The second kappa shape index (κ2) is 2.96. The molecule has 0 aromatic carbocycles. The monoisotopic (exact) mass is 179 g/mol. The summed E-state index contributed by atoms with van der Waals surface area (Å²) < 4.78 is 5.34. The zero-order valence-corrected chi connectivity index (χ0v) is 7.90. The number of methoxy groups -OCH3 is 1. The number of nitrogens with zero attached hydrogens (tertiary/aromatic N) is 3. The van der Waals surface area contributed by atoms with E-state index in [1.165, 1.54) is 0 Å². The molecule has 70 valence electrons. The number of ether oxygens (including phenoxy) is 1. The van der Waals surface area contributed by atoms with Gasteiger partial charge in [-0.05, 0) is 6.92 Å². The van der Waals surface area contributed by atoms with Crippen molar-refractivity contribution in [2.45, 2.75) is 12.5 Å². The maximum absolute atomic E-state index is 5.34. The van der Waals surface area contributed by atoms with E-state index < -0.39 is 0 Å². The van der Waals surface area contributed by atoms with Crippen molar-refractivity contribution >= 4 is 5.82 Å². The molecule has 1 aromatic rings. The van der Waals surface area contributed by atoms with Gasteiger partial charge >= 0.3 is 0 Å². The van der Waals surface area contributed by atoms with Crippen LogP contribution in [0.5, 0.6) is 0 Å². The van der Waals surface area contributed by atoms with Crippen LogP contribution in [0.4, 0.5) is 5.82 Å². The lowest BCUT2D eigenvalue weighted by molar-refractivity contribution is -0.0171. The third-order valence-corrected chi connectivity index (χ3v) is 2.42. The first-order chi connectivity index (χ1) is 6.23. The highest BCUT2D eigenvalue weighted by atomic mass is 16.5. The molecule has 1 fully saturated rings. The summed E-state index contributed by atoms with van der Waals surface area (Å²) in [7, 11) is 1.74. The van der Waals surface area contributed by atoms with Crippen LogP contribution in [0.3, 0.4) is 0 Å². The Labute approximate surface area is 77.6 Å². The van der Waals surface area contributed by atoms with Crippen LogP contribution in [-0.4, -0.2) is 35.8 Å². The third-order valence-electron chi connectivity index (χ3n) is 2.42. The Kier molecular flexibility index (Phi) is 1.92. The maximum Gasteiger partial charge on any atom is 0.147 e. The molecule has 1 aliphatic heterocycles. The largest absolute Gasteiger partial charge is 0.375 e. The molecule has 0 bridgehead atoms. The molecule has 0 radical (unpaired) electrons. The van der Waals surface area contributed by atoms with E-state index in [2.05, 4.69) is 21.8 Å². The van der Waals surface area contributed by atoms with Crippen molar-refractivity contribution in [2.24, 2.45) is 0 Å². The van der Waals surface area contributed by atoms with Crippen molar-refractivity contribution in [3.8, 4) is 0 Å². The van der Waals surface area contributed by atoms with E-state index in [1.54, 1.807) is 25.7 Å². The van der Waals surface area contributed by atoms with Crippen molar-refractivity contribution < 1.29 is 4.74 Å². The van der Waals surface area contributed by atoms with Crippen LogP contribution in [0.25, 0.3) is 0 Å². The highest BCUT2D eigenvalue weighted by molar-refractivity contribution is 5.41. The van der Waals surface area contributed by atoms with Gasteiger partial charge in [0.05, 0.1) is 24.9 Å². The Hall–Kier alpha value is -1.16. The minimum atomic E-state index is -0.00246. The predicted molar refractivity (Wildman–Crippen MR) is 49.7 cm³/mol. The highest BCUT2D eigenvalue weighted by Gasteiger charge is 2.39. The summed E-state index contributed by atoms with van der Waals surface area (Å²) in [6.07, 6.45) is 5.16. The van der Waals surface area contributed by atoms with Crippen molar-refractivity contribution in [1.29, 1.82) is 0 Å². The SMILES string of the molecule is COC1(C)CN(c2cnccn2)C1. The predicted octanol–water partition coefficient (Wildman–Crippen LogP) is 0.702. The van der Waals surface area contributed by atoms with Crippen molar-refractivity contribution in [1.82, 2.24) is 9.97 Å². The Bertz CT molecular complexity index is 282. The van der Waals surface area contributed by atoms with E-state index in [1.807, 2.05) is 0 Å².